The summed E-state index contributed by atoms with van der Waals surface area (Å²) >= 11 is 0. The lowest BCUT2D eigenvalue weighted by Crippen LogP contribution is -2.53. The molecule has 2 rings (SSSR count). The molecule has 2 aromatic carbocycles. The zero-order valence-corrected chi connectivity index (χ0v) is 20.1. The van der Waals surface area contributed by atoms with E-state index in [-0.39, 0.29) is 12.6 Å². The average molecular weight is 541 g/mol. The molecule has 0 unspecified atom stereocenters. The fourth-order valence-corrected chi connectivity index (χ4v) is 2.93. The third kappa shape index (κ3) is 8.28. The summed E-state index contributed by atoms with van der Waals surface area (Å²) in [5, 5.41) is 15.5. The predicted octanol–water partition coefficient (Wildman–Crippen LogP) is 1.28. The summed E-state index contributed by atoms with van der Waals surface area (Å²) in [7, 11) is 0. The maximum atomic E-state index is 13.7. The van der Waals surface area contributed by atoms with Crippen LogP contribution in [-0.2, 0) is 30.5 Å². The third-order valence-corrected chi connectivity index (χ3v) is 5.03. The summed E-state index contributed by atoms with van der Waals surface area (Å²) in [6, 6.07) is 3.75. The smallest absolute Gasteiger partial charge is 0.309 e. The van der Waals surface area contributed by atoms with Crippen LogP contribution >= 0.6 is 0 Å². The number of halogens is 4. The first-order valence-electron chi connectivity index (χ1n) is 10.9. The van der Waals surface area contributed by atoms with Crippen LogP contribution in [0.1, 0.15) is 24.5 Å². The zero-order valence-electron chi connectivity index (χ0n) is 20.1. The van der Waals surface area contributed by atoms with Gasteiger partial charge in [-0.25, -0.2) is 8.78 Å². The van der Waals surface area contributed by atoms with Gasteiger partial charge in [0.25, 0.3) is 0 Å². The van der Waals surface area contributed by atoms with Crippen molar-refractivity contribution in [2.75, 3.05) is 6.61 Å². The van der Waals surface area contributed by atoms with Crippen molar-refractivity contribution < 1.29 is 51.4 Å². The second-order valence-electron chi connectivity index (χ2n) is 8.07. The number of carbonyl (C=O) groups is 5. The lowest BCUT2D eigenvalue weighted by atomic mass is 10.1. The van der Waals surface area contributed by atoms with E-state index in [0.29, 0.717) is 5.56 Å². The number of aliphatic carboxylic acids is 1. The van der Waals surface area contributed by atoms with Gasteiger partial charge in [0.1, 0.15) is 18.7 Å². The molecule has 0 fully saturated rings. The van der Waals surface area contributed by atoms with Gasteiger partial charge in [-0.1, -0.05) is 29.8 Å². The highest BCUT2D eigenvalue weighted by atomic mass is 19.2. The molecule has 0 saturated heterocycles. The van der Waals surface area contributed by atoms with Crippen LogP contribution in [0.3, 0.4) is 0 Å². The van der Waals surface area contributed by atoms with Crippen LogP contribution in [0.15, 0.2) is 30.3 Å². The van der Waals surface area contributed by atoms with E-state index in [1.54, 1.807) is 24.3 Å². The molecule has 0 aliphatic heterocycles. The number of hydrogen-bond donors (Lipinski definition) is 4. The van der Waals surface area contributed by atoms with E-state index in [9.17, 15) is 41.5 Å². The van der Waals surface area contributed by atoms with Gasteiger partial charge in [0.05, 0.1) is 6.42 Å². The maximum Gasteiger partial charge on any atom is 0.309 e. The Balaban J connectivity index is 1.97. The number of ether oxygens (including phenoxy) is 1. The van der Waals surface area contributed by atoms with Gasteiger partial charge in [0, 0.05) is 12.6 Å². The molecule has 0 spiro atoms. The molecule has 204 valence electrons. The van der Waals surface area contributed by atoms with Gasteiger partial charge in [0.2, 0.25) is 17.5 Å². The van der Waals surface area contributed by atoms with Crippen molar-refractivity contribution in [2.24, 2.45) is 0 Å². The number of rotatable bonds is 11. The molecule has 0 saturated carbocycles. The molecule has 0 aromatic heterocycles. The molecule has 0 aliphatic carbocycles. The number of hydrogen-bond acceptors (Lipinski definition) is 6. The van der Waals surface area contributed by atoms with Crippen molar-refractivity contribution in [3.63, 3.8) is 0 Å². The lowest BCUT2D eigenvalue weighted by Gasteiger charge is -2.20. The van der Waals surface area contributed by atoms with Crippen LogP contribution < -0.4 is 20.7 Å². The molecular weight excluding hydrogens is 518 g/mol. The molecule has 2 aromatic rings. The molecule has 4 N–H and O–H groups in total. The normalized spacial score (nSPS) is 12.2. The van der Waals surface area contributed by atoms with Crippen molar-refractivity contribution in [2.45, 2.75) is 38.9 Å². The number of ketones is 1. The zero-order chi connectivity index (χ0) is 28.6. The number of benzene rings is 2. The Labute approximate surface area is 213 Å². The van der Waals surface area contributed by atoms with E-state index in [2.05, 4.69) is 15.4 Å². The van der Waals surface area contributed by atoms with Crippen molar-refractivity contribution in [3.8, 4) is 5.75 Å². The number of Topliss-reactive ketones (excluding diaryl/α,β-unsaturated/α-hetero) is 1. The number of carbonyl (C=O) groups excluding carboxylic acids is 4. The first-order valence-corrected chi connectivity index (χ1v) is 10.9. The molecule has 0 aliphatic rings. The molecule has 38 heavy (non-hydrogen) atoms. The number of carboxylic acids is 1. The van der Waals surface area contributed by atoms with E-state index < -0.39 is 83.6 Å². The standard InChI is InChI=1S/C24H23F4N3O7/c1-11-3-5-13(6-4-11)9-29-23(36)24(37)30-12(2)22(35)31-16(8-18(33)34)17(32)10-38-21-19(27)14(25)7-15(26)20(21)28/h3-7,12,16H,8-10H2,1-2H3,(H,29,36)(H,30,37)(H,31,35)(H,33,34)/t12-,16-/m0/s1. The van der Waals surface area contributed by atoms with Crippen LogP contribution in [0.2, 0.25) is 0 Å². The number of carboxylic acid groups (broad SMARTS) is 1. The SMILES string of the molecule is Cc1ccc(CNC(=O)C(=O)N[C@@H](C)C(=O)N[C@@H](CC(=O)O)C(=O)COc2c(F)c(F)cc(F)c2F)cc1. The van der Waals surface area contributed by atoms with E-state index in [4.69, 9.17) is 5.11 Å². The number of aryl methyl sites for hydroxylation is 1. The summed E-state index contributed by atoms with van der Waals surface area (Å²) in [5.41, 5.74) is 1.70. The van der Waals surface area contributed by atoms with Gasteiger partial charge in [-0.15, -0.1) is 0 Å². The molecule has 14 heteroatoms. The Morgan fingerprint density at radius 1 is 0.921 bits per heavy atom. The summed E-state index contributed by atoms with van der Waals surface area (Å²) in [4.78, 5) is 60.0. The van der Waals surface area contributed by atoms with Crippen LogP contribution in [0.25, 0.3) is 0 Å². The summed E-state index contributed by atoms with van der Waals surface area (Å²) < 4.78 is 58.6. The van der Waals surface area contributed by atoms with Crippen LogP contribution in [0.4, 0.5) is 17.6 Å². The number of amides is 3. The van der Waals surface area contributed by atoms with Crippen LogP contribution in [0, 0.1) is 30.2 Å². The summed E-state index contributed by atoms with van der Waals surface area (Å²) in [5.74, 6) is -15.1. The Bertz CT molecular complexity index is 1210. The van der Waals surface area contributed by atoms with Crippen molar-refractivity contribution in [1.29, 1.82) is 0 Å². The maximum absolute atomic E-state index is 13.7. The molecule has 0 heterocycles. The van der Waals surface area contributed by atoms with Gasteiger partial charge in [-0.05, 0) is 19.4 Å². The third-order valence-electron chi connectivity index (χ3n) is 5.03. The molecule has 3 amide bonds. The fraction of sp³-hybridized carbons (Fsp3) is 0.292. The van der Waals surface area contributed by atoms with Crippen LogP contribution in [0.5, 0.6) is 5.75 Å². The monoisotopic (exact) mass is 541 g/mol. The molecular formula is C24H23F4N3O7. The Hall–Kier alpha value is -4.49. The fourth-order valence-electron chi connectivity index (χ4n) is 2.93. The summed E-state index contributed by atoms with van der Waals surface area (Å²) in [6.07, 6.45) is -1.01. The average Bonchev–Trinajstić information content (AvgIpc) is 2.85. The van der Waals surface area contributed by atoms with Crippen molar-refractivity contribution in [3.05, 3.63) is 64.7 Å². The first-order chi connectivity index (χ1) is 17.8. The van der Waals surface area contributed by atoms with E-state index in [1.165, 1.54) is 0 Å². The van der Waals surface area contributed by atoms with E-state index >= 15 is 0 Å². The second kappa shape index (κ2) is 13.2. The highest BCUT2D eigenvalue weighted by Gasteiger charge is 2.29. The quantitative estimate of drug-likeness (QED) is 0.190. The molecule has 2 atom stereocenters. The van der Waals surface area contributed by atoms with Crippen LogP contribution in [-0.4, -0.2) is 53.3 Å². The van der Waals surface area contributed by atoms with Gasteiger partial charge in [0.15, 0.2) is 23.2 Å². The highest BCUT2D eigenvalue weighted by Crippen LogP contribution is 2.26. The molecule has 10 nitrogen and oxygen atoms in total. The summed E-state index contributed by atoms with van der Waals surface area (Å²) in [6.45, 7) is 1.77. The lowest BCUT2D eigenvalue weighted by molar-refractivity contribution is -0.142. The number of nitrogens with one attached hydrogen (secondary N) is 3. The van der Waals surface area contributed by atoms with Gasteiger partial charge in [-0.2, -0.15) is 8.78 Å². The largest absolute Gasteiger partial charge is 0.481 e. The Kier molecular flexibility index (Phi) is 10.3. The molecule has 0 radical (unpaired) electrons. The minimum Gasteiger partial charge on any atom is -0.481 e. The first kappa shape index (κ1) is 29.7. The van der Waals surface area contributed by atoms with E-state index in [0.717, 1.165) is 12.5 Å². The van der Waals surface area contributed by atoms with Gasteiger partial charge in [-0.3, -0.25) is 24.0 Å². The Morgan fingerprint density at radius 3 is 2.05 bits per heavy atom. The second-order valence-corrected chi connectivity index (χ2v) is 8.07. The van der Waals surface area contributed by atoms with Crippen molar-refractivity contribution in [1.82, 2.24) is 16.0 Å². The minimum atomic E-state index is -1.92. The topological polar surface area (TPSA) is 151 Å². The van der Waals surface area contributed by atoms with Crippen molar-refractivity contribution >= 4 is 29.5 Å². The minimum absolute atomic E-state index is 0.0265. The Morgan fingerprint density at radius 2 is 1.50 bits per heavy atom. The van der Waals surface area contributed by atoms with E-state index in [1.807, 2.05) is 12.2 Å². The highest BCUT2D eigenvalue weighted by molar-refractivity contribution is 6.35. The predicted molar refractivity (Wildman–Crippen MR) is 122 cm³/mol. The molecule has 0 bridgehead atoms. The van der Waals surface area contributed by atoms with Gasteiger partial charge >= 0.3 is 17.8 Å². The van der Waals surface area contributed by atoms with Gasteiger partial charge < -0.3 is 25.8 Å².